The van der Waals surface area contributed by atoms with E-state index in [0.717, 1.165) is 40.0 Å². The molecule has 0 N–H and O–H groups in total. The minimum atomic E-state index is 0.220. The second-order valence-electron chi connectivity index (χ2n) is 10.4. The summed E-state index contributed by atoms with van der Waals surface area (Å²) in [5, 5.41) is 2.28. The molecule has 166 valence electrons. The van der Waals surface area contributed by atoms with Gasteiger partial charge in [0.1, 0.15) is 6.20 Å². The number of rotatable bonds is 3. The van der Waals surface area contributed by atoms with E-state index in [1.165, 1.54) is 27.8 Å². The lowest BCUT2D eigenvalue weighted by Gasteiger charge is -2.25. The smallest absolute Gasteiger partial charge is 0.278 e. The predicted octanol–water partition coefficient (Wildman–Crippen LogP) is 8.35. The summed E-state index contributed by atoms with van der Waals surface area (Å²) in [5.41, 5.74) is 9.36. The minimum Gasteiger partial charge on any atom is -0.286 e. The number of nitrogens with zero attached hydrogens (tertiary/aromatic N) is 1. The van der Waals surface area contributed by atoms with Gasteiger partial charge in [-0.05, 0) is 47.2 Å². The second kappa shape index (κ2) is 7.81. The predicted molar refractivity (Wildman–Crippen MR) is 140 cm³/mol. The first-order chi connectivity index (χ1) is 15.7. The summed E-state index contributed by atoms with van der Waals surface area (Å²) in [4.78, 5) is 0. The zero-order valence-electron chi connectivity index (χ0n) is 20.2. The summed E-state index contributed by atoms with van der Waals surface area (Å²) in [6, 6.07) is 20.6. The molecule has 1 aliphatic heterocycles. The van der Waals surface area contributed by atoms with Crippen molar-refractivity contribution >= 4 is 28.7 Å². The van der Waals surface area contributed by atoms with Crippen molar-refractivity contribution < 1.29 is 8.99 Å². The van der Waals surface area contributed by atoms with Crippen LogP contribution < -0.4 is 0 Å². The third-order valence-corrected chi connectivity index (χ3v) is 6.32. The summed E-state index contributed by atoms with van der Waals surface area (Å²) in [5.74, 6) is 0. The fraction of sp³-hybridized carbons (Fsp3) is 0.226. The average Bonchev–Trinajstić information content (AvgIpc) is 3.12. The highest BCUT2D eigenvalue weighted by atomic mass is 16.3. The van der Waals surface area contributed by atoms with E-state index in [1.54, 1.807) is 0 Å². The SMILES string of the molecule is C=[N+]1C=CC(CC(C)(C)C)=C[C-]1c1c(C)ccc2c1[o+][c-]1ccc(-c3ccc(C)cc3)cc21. The van der Waals surface area contributed by atoms with Gasteiger partial charge in [0.05, 0.1) is 12.3 Å². The molecule has 0 aliphatic carbocycles. The zero-order valence-corrected chi connectivity index (χ0v) is 20.2. The van der Waals surface area contributed by atoms with Crippen molar-refractivity contribution in [1.82, 2.24) is 0 Å². The monoisotopic (exact) mass is 433 g/mol. The van der Waals surface area contributed by atoms with Gasteiger partial charge in [-0.2, -0.15) is 0 Å². The van der Waals surface area contributed by atoms with Crippen molar-refractivity contribution in [2.24, 2.45) is 5.41 Å². The van der Waals surface area contributed by atoms with E-state index in [-0.39, 0.29) is 5.41 Å². The van der Waals surface area contributed by atoms with Crippen molar-refractivity contribution in [3.8, 4) is 11.1 Å². The Balaban J connectivity index is 1.66. The molecule has 1 aromatic heterocycles. The van der Waals surface area contributed by atoms with Crippen molar-refractivity contribution in [2.45, 2.75) is 41.0 Å². The molecule has 2 nitrogen and oxygen atoms in total. The molecule has 0 amide bonds. The molecular weight excluding hydrogens is 402 g/mol. The van der Waals surface area contributed by atoms with Gasteiger partial charge in [0.25, 0.3) is 11.2 Å². The largest absolute Gasteiger partial charge is 0.286 e. The molecule has 0 fully saturated rings. The third kappa shape index (κ3) is 4.02. The van der Waals surface area contributed by atoms with Crippen LogP contribution in [0.25, 0.3) is 33.1 Å². The molecule has 0 unspecified atom stereocenters. The van der Waals surface area contributed by atoms with Gasteiger partial charge in [0.15, 0.2) is 6.04 Å². The van der Waals surface area contributed by atoms with Crippen LogP contribution in [0.15, 0.2) is 82.9 Å². The highest BCUT2D eigenvalue weighted by Gasteiger charge is 2.27. The van der Waals surface area contributed by atoms with Gasteiger partial charge in [0.2, 0.25) is 0 Å². The Labute approximate surface area is 196 Å². The van der Waals surface area contributed by atoms with Crippen LogP contribution in [0.4, 0.5) is 0 Å². The maximum atomic E-state index is 6.48. The van der Waals surface area contributed by atoms with Gasteiger partial charge >= 0.3 is 0 Å². The van der Waals surface area contributed by atoms with Crippen LogP contribution in [0, 0.1) is 25.3 Å². The normalized spacial score (nSPS) is 14.4. The molecule has 4 aromatic rings. The molecule has 5 rings (SSSR count). The fourth-order valence-electron chi connectivity index (χ4n) is 4.69. The van der Waals surface area contributed by atoms with Gasteiger partial charge in [-0.1, -0.05) is 92.4 Å². The molecule has 0 atom stereocenters. The van der Waals surface area contributed by atoms with Gasteiger partial charge in [-0.25, -0.2) is 0 Å². The fourth-order valence-corrected chi connectivity index (χ4v) is 4.69. The number of hydrogen-bond donors (Lipinski definition) is 0. The average molecular weight is 434 g/mol. The highest BCUT2D eigenvalue weighted by Crippen LogP contribution is 2.40. The number of hydrogen-bond acceptors (Lipinski definition) is 0. The van der Waals surface area contributed by atoms with Crippen molar-refractivity contribution in [1.29, 1.82) is 0 Å². The number of allylic oxidation sites excluding steroid dienone is 2. The highest BCUT2D eigenvalue weighted by molar-refractivity contribution is 6.08. The summed E-state index contributed by atoms with van der Waals surface area (Å²) in [6.07, 6.45) is 7.51. The number of fused-ring (bicyclic) bond motifs is 3. The van der Waals surface area contributed by atoms with Gasteiger partial charge in [-0.3, -0.25) is 8.99 Å². The summed E-state index contributed by atoms with van der Waals surface area (Å²) >= 11 is 0. The van der Waals surface area contributed by atoms with E-state index in [0.29, 0.717) is 0 Å². The Morgan fingerprint density at radius 2 is 1.73 bits per heavy atom. The molecule has 2 heterocycles. The number of aryl methyl sites for hydroxylation is 2. The van der Waals surface area contributed by atoms with Gasteiger partial charge in [0, 0.05) is 0 Å². The van der Waals surface area contributed by atoms with E-state index >= 15 is 0 Å². The Morgan fingerprint density at radius 1 is 0.970 bits per heavy atom. The Hall–Kier alpha value is -3.52. The first-order valence-electron chi connectivity index (χ1n) is 11.6. The van der Waals surface area contributed by atoms with E-state index in [9.17, 15) is 0 Å². The Kier molecular flexibility index (Phi) is 5.05. The van der Waals surface area contributed by atoms with Crippen LogP contribution in [0.1, 0.15) is 43.9 Å². The minimum absolute atomic E-state index is 0.220. The maximum Gasteiger partial charge on any atom is 0.278 e. The van der Waals surface area contributed by atoms with Crippen LogP contribution in [-0.2, 0) is 0 Å². The Morgan fingerprint density at radius 3 is 2.45 bits per heavy atom. The van der Waals surface area contributed by atoms with E-state index in [4.69, 9.17) is 4.42 Å². The summed E-state index contributed by atoms with van der Waals surface area (Å²) in [7, 11) is 0. The lowest BCUT2D eigenvalue weighted by atomic mass is 9.85. The molecule has 0 radical (unpaired) electrons. The molecule has 0 saturated heterocycles. The van der Waals surface area contributed by atoms with Crippen LogP contribution in [0.5, 0.6) is 0 Å². The molecular formula is C31H31NO. The van der Waals surface area contributed by atoms with E-state index in [1.807, 2.05) is 4.58 Å². The molecule has 0 bridgehead atoms. The van der Waals surface area contributed by atoms with Crippen LogP contribution in [-0.4, -0.2) is 11.3 Å². The molecule has 33 heavy (non-hydrogen) atoms. The lowest BCUT2D eigenvalue weighted by molar-refractivity contribution is -0.418. The first kappa shape index (κ1) is 21.3. The van der Waals surface area contributed by atoms with E-state index in [2.05, 4.69) is 114 Å². The Bertz CT molecular complexity index is 1440. The first-order valence-corrected chi connectivity index (χ1v) is 11.6. The van der Waals surface area contributed by atoms with Gasteiger partial charge in [-0.15, -0.1) is 12.1 Å². The standard InChI is InChI=1S/C31H31NO/c1-20-7-10-23(11-8-20)24-12-14-28-26(18-24)25-13-9-21(2)29(30(25)33-28)27-17-22(15-16-32(27)6)19-31(3,4)5/h7-18H,6,19H2,1-5H3. The molecule has 0 spiro atoms. The summed E-state index contributed by atoms with van der Waals surface area (Å²) in [6.45, 7) is 15.4. The summed E-state index contributed by atoms with van der Waals surface area (Å²) < 4.78 is 8.44. The lowest BCUT2D eigenvalue weighted by Crippen LogP contribution is -2.17. The maximum absolute atomic E-state index is 6.48. The molecule has 2 heteroatoms. The van der Waals surface area contributed by atoms with Crippen LogP contribution in [0.2, 0.25) is 0 Å². The van der Waals surface area contributed by atoms with Crippen LogP contribution in [0.3, 0.4) is 0 Å². The van der Waals surface area contributed by atoms with E-state index < -0.39 is 0 Å². The van der Waals surface area contributed by atoms with Crippen molar-refractivity contribution in [3.05, 3.63) is 101 Å². The van der Waals surface area contributed by atoms with Crippen molar-refractivity contribution in [3.63, 3.8) is 0 Å². The van der Waals surface area contributed by atoms with Crippen LogP contribution >= 0.6 is 0 Å². The zero-order chi connectivity index (χ0) is 23.3. The second-order valence-corrected chi connectivity index (χ2v) is 10.4. The quantitative estimate of drug-likeness (QED) is 0.180. The third-order valence-electron chi connectivity index (χ3n) is 6.32. The molecule has 3 aromatic carbocycles. The van der Waals surface area contributed by atoms with Crippen molar-refractivity contribution in [2.75, 3.05) is 0 Å². The number of furan rings is 1. The molecule has 1 aliphatic rings. The topological polar surface area (TPSA) is 14.3 Å². The molecule has 0 saturated carbocycles. The van der Waals surface area contributed by atoms with Gasteiger partial charge < -0.3 is 0 Å². The number of benzene rings is 3.